The van der Waals surface area contributed by atoms with Crippen LogP contribution in [0.25, 0.3) is 0 Å². The van der Waals surface area contributed by atoms with Crippen LogP contribution in [0.1, 0.15) is 58.3 Å². The van der Waals surface area contributed by atoms with Crippen LogP contribution in [0.4, 0.5) is 0 Å². The highest BCUT2D eigenvalue weighted by molar-refractivity contribution is 4.69. The number of aliphatic hydroxyl groups excluding tert-OH is 1. The maximum absolute atomic E-state index is 8.73. The minimum Gasteiger partial charge on any atom is -0.396 e. The highest BCUT2D eigenvalue weighted by Crippen LogP contribution is 2.21. The molecule has 0 amide bonds. The fraction of sp³-hybridized carbons (Fsp3) is 1.00. The van der Waals surface area contributed by atoms with Gasteiger partial charge in [0.05, 0.1) is 0 Å². The summed E-state index contributed by atoms with van der Waals surface area (Å²) in [5.41, 5.74) is 0. The Labute approximate surface area is 101 Å². The molecule has 0 aromatic carbocycles. The number of likely N-dealkylation sites (tertiary alicyclic amines) is 1. The molecule has 16 heavy (non-hydrogen) atoms. The predicted molar refractivity (Wildman–Crippen MR) is 69.6 cm³/mol. The molecule has 1 N–H and O–H groups in total. The summed E-state index contributed by atoms with van der Waals surface area (Å²) in [4.78, 5) is 2.63. The number of aliphatic hydroxyl groups is 1. The lowest BCUT2D eigenvalue weighted by Gasteiger charge is -2.19. The summed E-state index contributed by atoms with van der Waals surface area (Å²) in [6.07, 6.45) is 10.5. The van der Waals surface area contributed by atoms with Gasteiger partial charge in [-0.2, -0.15) is 0 Å². The van der Waals surface area contributed by atoms with Gasteiger partial charge < -0.3 is 10.0 Å². The average Bonchev–Trinajstić information content (AvgIpc) is 2.51. The van der Waals surface area contributed by atoms with Crippen LogP contribution in [0, 0.1) is 5.92 Å². The summed E-state index contributed by atoms with van der Waals surface area (Å²) < 4.78 is 0. The molecule has 0 aliphatic carbocycles. The first-order valence-corrected chi connectivity index (χ1v) is 7.20. The fourth-order valence-corrected chi connectivity index (χ4v) is 2.77. The van der Waals surface area contributed by atoms with Gasteiger partial charge in [-0.1, -0.05) is 19.8 Å². The molecule has 1 fully saturated rings. The number of hydrogen-bond acceptors (Lipinski definition) is 2. The lowest BCUT2D eigenvalue weighted by Crippen LogP contribution is -2.26. The Morgan fingerprint density at radius 1 is 1.12 bits per heavy atom. The zero-order chi connectivity index (χ0) is 11.6. The lowest BCUT2D eigenvalue weighted by molar-refractivity contribution is 0.255. The van der Waals surface area contributed by atoms with E-state index in [-0.39, 0.29) is 0 Å². The van der Waals surface area contributed by atoms with Gasteiger partial charge in [-0.05, 0) is 64.1 Å². The first-order chi connectivity index (χ1) is 7.86. The van der Waals surface area contributed by atoms with Crippen molar-refractivity contribution in [3.05, 3.63) is 0 Å². The average molecular weight is 227 g/mol. The Hall–Kier alpha value is -0.0800. The molecule has 2 heteroatoms. The molecule has 0 spiro atoms. The number of unbranched alkanes of at least 4 members (excludes halogenated alkanes) is 2. The molecule has 0 aromatic heterocycles. The van der Waals surface area contributed by atoms with E-state index in [0.29, 0.717) is 6.61 Å². The van der Waals surface area contributed by atoms with Gasteiger partial charge >= 0.3 is 0 Å². The molecule has 0 bridgehead atoms. The van der Waals surface area contributed by atoms with E-state index < -0.39 is 0 Å². The normalized spacial score (nSPS) is 23.2. The summed E-state index contributed by atoms with van der Waals surface area (Å²) in [7, 11) is 0. The lowest BCUT2D eigenvalue weighted by atomic mass is 9.96. The third-order valence-electron chi connectivity index (χ3n) is 3.77. The van der Waals surface area contributed by atoms with E-state index in [1.165, 1.54) is 64.6 Å². The van der Waals surface area contributed by atoms with Gasteiger partial charge in [0.1, 0.15) is 0 Å². The molecular formula is C14H29NO. The summed E-state index contributed by atoms with van der Waals surface area (Å²) in [5.74, 6) is 0.993. The molecule has 0 radical (unpaired) electrons. The zero-order valence-corrected chi connectivity index (χ0v) is 11.0. The Morgan fingerprint density at radius 3 is 2.75 bits per heavy atom. The predicted octanol–water partition coefficient (Wildman–Crippen LogP) is 3.05. The van der Waals surface area contributed by atoms with Crippen molar-refractivity contribution in [1.29, 1.82) is 0 Å². The van der Waals surface area contributed by atoms with Crippen molar-refractivity contribution in [3.63, 3.8) is 0 Å². The molecular weight excluding hydrogens is 198 g/mol. The van der Waals surface area contributed by atoms with Gasteiger partial charge in [-0.3, -0.25) is 0 Å². The van der Waals surface area contributed by atoms with E-state index in [1.807, 2.05) is 0 Å². The molecule has 0 aromatic rings. The molecule has 2 nitrogen and oxygen atoms in total. The van der Waals surface area contributed by atoms with Crippen molar-refractivity contribution in [1.82, 2.24) is 4.90 Å². The van der Waals surface area contributed by atoms with Gasteiger partial charge in [0, 0.05) is 6.61 Å². The maximum Gasteiger partial charge on any atom is 0.0431 e. The van der Waals surface area contributed by atoms with Crippen LogP contribution in [-0.4, -0.2) is 36.2 Å². The van der Waals surface area contributed by atoms with Crippen molar-refractivity contribution in [2.75, 3.05) is 26.2 Å². The minimum atomic E-state index is 0.360. The van der Waals surface area contributed by atoms with Crippen LogP contribution < -0.4 is 0 Å². The summed E-state index contributed by atoms with van der Waals surface area (Å²) in [5, 5.41) is 8.73. The molecule has 1 aliphatic heterocycles. The van der Waals surface area contributed by atoms with Gasteiger partial charge in [-0.25, -0.2) is 0 Å². The largest absolute Gasteiger partial charge is 0.396 e. The van der Waals surface area contributed by atoms with Crippen molar-refractivity contribution in [2.45, 2.75) is 58.3 Å². The van der Waals surface area contributed by atoms with E-state index in [4.69, 9.17) is 5.11 Å². The Kier molecular flexibility index (Phi) is 7.87. The van der Waals surface area contributed by atoms with Gasteiger partial charge in [0.25, 0.3) is 0 Å². The van der Waals surface area contributed by atoms with Gasteiger partial charge in [0.2, 0.25) is 0 Å². The third kappa shape index (κ3) is 5.86. The zero-order valence-electron chi connectivity index (χ0n) is 11.0. The van der Waals surface area contributed by atoms with Crippen LogP contribution in [0.3, 0.4) is 0 Å². The minimum absolute atomic E-state index is 0.360. The second-order valence-corrected chi connectivity index (χ2v) is 5.21. The Bertz CT molecular complexity index is 161. The number of rotatable bonds is 7. The molecule has 1 unspecified atom stereocenters. The second kappa shape index (κ2) is 9.00. The van der Waals surface area contributed by atoms with Crippen LogP contribution in [-0.2, 0) is 0 Å². The highest BCUT2D eigenvalue weighted by Gasteiger charge is 2.15. The van der Waals surface area contributed by atoms with E-state index >= 15 is 0 Å². The molecule has 1 rings (SSSR count). The van der Waals surface area contributed by atoms with E-state index in [0.717, 1.165) is 12.3 Å². The molecule has 1 aliphatic rings. The summed E-state index contributed by atoms with van der Waals surface area (Å²) in [6.45, 7) is 6.53. The molecule has 1 atom stereocenters. The van der Waals surface area contributed by atoms with Crippen molar-refractivity contribution >= 4 is 0 Å². The van der Waals surface area contributed by atoms with Crippen LogP contribution in [0.15, 0.2) is 0 Å². The molecule has 1 heterocycles. The standard InChI is InChI=1S/C14H29NO/c1-2-7-14-8-6-11-15(12-9-14)10-4-3-5-13-16/h14,16H,2-13H2,1H3. The van der Waals surface area contributed by atoms with Crippen LogP contribution >= 0.6 is 0 Å². The monoisotopic (exact) mass is 227 g/mol. The summed E-state index contributed by atoms with van der Waals surface area (Å²) >= 11 is 0. The Morgan fingerprint density at radius 2 is 2.00 bits per heavy atom. The van der Waals surface area contributed by atoms with E-state index in [1.54, 1.807) is 0 Å². The van der Waals surface area contributed by atoms with Crippen LogP contribution in [0.2, 0.25) is 0 Å². The Balaban J connectivity index is 2.10. The quantitative estimate of drug-likeness (QED) is 0.676. The third-order valence-corrected chi connectivity index (χ3v) is 3.77. The van der Waals surface area contributed by atoms with E-state index in [2.05, 4.69) is 11.8 Å². The van der Waals surface area contributed by atoms with Gasteiger partial charge in [0.15, 0.2) is 0 Å². The first-order valence-electron chi connectivity index (χ1n) is 7.20. The van der Waals surface area contributed by atoms with Crippen molar-refractivity contribution in [2.24, 2.45) is 5.92 Å². The fourth-order valence-electron chi connectivity index (χ4n) is 2.77. The first kappa shape index (κ1) is 14.0. The van der Waals surface area contributed by atoms with Crippen molar-refractivity contribution < 1.29 is 5.11 Å². The van der Waals surface area contributed by atoms with Gasteiger partial charge in [-0.15, -0.1) is 0 Å². The molecule has 1 saturated heterocycles. The van der Waals surface area contributed by atoms with E-state index in [9.17, 15) is 0 Å². The summed E-state index contributed by atoms with van der Waals surface area (Å²) in [6, 6.07) is 0. The number of nitrogens with zero attached hydrogens (tertiary/aromatic N) is 1. The second-order valence-electron chi connectivity index (χ2n) is 5.21. The highest BCUT2D eigenvalue weighted by atomic mass is 16.2. The smallest absolute Gasteiger partial charge is 0.0431 e. The maximum atomic E-state index is 8.73. The van der Waals surface area contributed by atoms with Crippen LogP contribution in [0.5, 0.6) is 0 Å². The SMILES string of the molecule is CCCC1CCCN(CCCCCO)CC1. The van der Waals surface area contributed by atoms with Crippen molar-refractivity contribution in [3.8, 4) is 0 Å². The molecule has 0 saturated carbocycles. The number of hydrogen-bond donors (Lipinski definition) is 1. The molecule has 96 valence electrons. The topological polar surface area (TPSA) is 23.5 Å².